The Morgan fingerprint density at radius 2 is 1.85 bits per heavy atom. The molecule has 7 heteroatoms. The summed E-state index contributed by atoms with van der Waals surface area (Å²) < 4.78 is 1.95. The number of carbonyl (C=O) groups excluding carboxylic acids is 1. The van der Waals surface area contributed by atoms with Gasteiger partial charge in [-0.2, -0.15) is 0 Å². The number of aryl methyl sites for hydroxylation is 1. The van der Waals surface area contributed by atoms with Crippen molar-refractivity contribution in [1.82, 2.24) is 24.4 Å². The highest BCUT2D eigenvalue weighted by molar-refractivity contribution is 5.80. The first-order valence-electron chi connectivity index (χ1n) is 9.98. The summed E-state index contributed by atoms with van der Waals surface area (Å²) in [7, 11) is 0. The summed E-state index contributed by atoms with van der Waals surface area (Å²) in [4.78, 5) is 30.4. The lowest BCUT2D eigenvalue weighted by Crippen LogP contribution is -2.41. The zero-order valence-corrected chi connectivity index (χ0v) is 16.2. The molecule has 4 rings (SSSR count). The third-order valence-electron chi connectivity index (χ3n) is 5.97. The highest BCUT2D eigenvalue weighted by Gasteiger charge is 2.28. The number of rotatable bonds is 4. The number of likely N-dealkylation sites (tertiary alicyclic amines) is 1. The topological polar surface area (TPSA) is 67.2 Å². The first-order valence-corrected chi connectivity index (χ1v) is 9.98. The molecule has 2 aromatic heterocycles. The fourth-order valence-corrected chi connectivity index (χ4v) is 4.28. The molecular formula is C20H28N6O. The Kier molecular flexibility index (Phi) is 5.09. The van der Waals surface area contributed by atoms with Gasteiger partial charge in [-0.3, -0.25) is 4.79 Å². The van der Waals surface area contributed by atoms with Crippen molar-refractivity contribution in [3.63, 3.8) is 0 Å². The third kappa shape index (κ3) is 3.68. The van der Waals surface area contributed by atoms with Gasteiger partial charge in [0.05, 0.1) is 0 Å². The smallest absolute Gasteiger partial charge is 0.245 e. The Morgan fingerprint density at radius 3 is 2.52 bits per heavy atom. The molecule has 2 aliphatic rings. The molecule has 1 amide bonds. The molecular weight excluding hydrogens is 340 g/mol. The Hall–Kier alpha value is -2.44. The normalized spacial score (nSPS) is 19.5. The van der Waals surface area contributed by atoms with Crippen molar-refractivity contribution in [2.24, 2.45) is 0 Å². The second kappa shape index (κ2) is 7.66. The molecule has 0 radical (unpaired) electrons. The van der Waals surface area contributed by atoms with Gasteiger partial charge in [-0.05, 0) is 39.5 Å². The van der Waals surface area contributed by atoms with E-state index in [1.807, 2.05) is 29.5 Å². The fraction of sp³-hybridized carbons (Fsp3) is 0.600. The van der Waals surface area contributed by atoms with Gasteiger partial charge in [0.25, 0.3) is 0 Å². The predicted molar refractivity (Wildman–Crippen MR) is 104 cm³/mol. The molecule has 2 aromatic rings. The summed E-state index contributed by atoms with van der Waals surface area (Å²) in [6.45, 7) is 7.64. The largest absolute Gasteiger partial charge is 0.357 e. The van der Waals surface area contributed by atoms with Crippen molar-refractivity contribution < 1.29 is 4.79 Å². The van der Waals surface area contributed by atoms with E-state index in [4.69, 9.17) is 0 Å². The number of piperidine rings is 1. The van der Waals surface area contributed by atoms with Gasteiger partial charge in [-0.1, -0.05) is 0 Å². The molecule has 2 fully saturated rings. The summed E-state index contributed by atoms with van der Waals surface area (Å²) in [6, 6.07) is 1.95. The average Bonchev–Trinajstić information content (AvgIpc) is 3.39. The van der Waals surface area contributed by atoms with E-state index < -0.39 is 0 Å². The second-order valence-corrected chi connectivity index (χ2v) is 7.65. The van der Waals surface area contributed by atoms with Crippen molar-refractivity contribution in [2.45, 2.75) is 51.5 Å². The van der Waals surface area contributed by atoms with Crippen LogP contribution in [-0.2, 0) is 4.79 Å². The first-order chi connectivity index (χ1) is 13.1. The number of aromatic nitrogens is 4. The van der Waals surface area contributed by atoms with Gasteiger partial charge in [-0.25, -0.2) is 15.0 Å². The van der Waals surface area contributed by atoms with Gasteiger partial charge in [-0.15, -0.1) is 0 Å². The Bertz CT molecular complexity index is 789. The number of carbonyl (C=O) groups is 1. The summed E-state index contributed by atoms with van der Waals surface area (Å²) in [5.74, 6) is 2.51. The van der Waals surface area contributed by atoms with Crippen LogP contribution in [0.4, 0.5) is 5.82 Å². The summed E-state index contributed by atoms with van der Waals surface area (Å²) in [5.41, 5.74) is 1.12. The van der Waals surface area contributed by atoms with Crippen molar-refractivity contribution in [1.29, 1.82) is 0 Å². The van der Waals surface area contributed by atoms with Gasteiger partial charge in [0, 0.05) is 56.3 Å². The number of nitrogens with zero attached hydrogens (tertiary/aromatic N) is 6. The van der Waals surface area contributed by atoms with Gasteiger partial charge in [0.2, 0.25) is 5.91 Å². The molecule has 7 nitrogen and oxygen atoms in total. The third-order valence-corrected chi connectivity index (χ3v) is 5.97. The molecule has 0 bridgehead atoms. The number of hydrogen-bond acceptors (Lipinski definition) is 5. The van der Waals surface area contributed by atoms with E-state index in [2.05, 4.69) is 25.9 Å². The second-order valence-electron chi connectivity index (χ2n) is 7.65. The van der Waals surface area contributed by atoms with E-state index in [9.17, 15) is 4.79 Å². The highest BCUT2D eigenvalue weighted by Crippen LogP contribution is 2.30. The predicted octanol–water partition coefficient (Wildman–Crippen LogP) is 2.55. The average molecular weight is 368 g/mol. The zero-order valence-electron chi connectivity index (χ0n) is 16.2. The van der Waals surface area contributed by atoms with Crippen LogP contribution in [0.5, 0.6) is 0 Å². The molecule has 0 saturated carbocycles. The summed E-state index contributed by atoms with van der Waals surface area (Å²) >= 11 is 0. The Labute approximate surface area is 160 Å². The van der Waals surface area contributed by atoms with E-state index in [0.29, 0.717) is 5.92 Å². The summed E-state index contributed by atoms with van der Waals surface area (Å²) in [5, 5.41) is 0. The molecule has 0 N–H and O–H groups in total. The molecule has 1 unspecified atom stereocenters. The standard InChI is InChI=1S/C20H28N6O/c1-15(26-12-7-21-16(26)2)20(27)25-10-5-17(6-11-25)18-13-19(23-14-22-18)24-8-3-4-9-24/h7,12-15,17H,3-6,8-11H2,1-2H3. The monoisotopic (exact) mass is 368 g/mol. The molecule has 0 aliphatic carbocycles. The molecule has 0 aromatic carbocycles. The lowest BCUT2D eigenvalue weighted by atomic mass is 9.93. The van der Waals surface area contributed by atoms with E-state index in [-0.39, 0.29) is 11.9 Å². The van der Waals surface area contributed by atoms with Crippen LogP contribution in [0.15, 0.2) is 24.8 Å². The maximum atomic E-state index is 12.9. The van der Waals surface area contributed by atoms with Gasteiger partial charge in [0.1, 0.15) is 24.0 Å². The van der Waals surface area contributed by atoms with E-state index in [1.54, 1.807) is 12.5 Å². The maximum Gasteiger partial charge on any atom is 0.245 e. The minimum absolute atomic E-state index is 0.176. The van der Waals surface area contributed by atoms with Crippen LogP contribution in [0.25, 0.3) is 0 Å². The van der Waals surface area contributed by atoms with Crippen LogP contribution in [0.1, 0.15) is 56.1 Å². The number of hydrogen-bond donors (Lipinski definition) is 0. The minimum atomic E-state index is -0.204. The minimum Gasteiger partial charge on any atom is -0.357 e. The maximum absolute atomic E-state index is 12.9. The quantitative estimate of drug-likeness (QED) is 0.830. The van der Waals surface area contributed by atoms with E-state index in [0.717, 1.165) is 56.4 Å². The number of imidazole rings is 1. The molecule has 1 atom stereocenters. The zero-order chi connectivity index (χ0) is 18.8. The molecule has 2 aliphatic heterocycles. The van der Waals surface area contributed by atoms with Crippen molar-refractivity contribution in [3.8, 4) is 0 Å². The lowest BCUT2D eigenvalue weighted by Gasteiger charge is -2.34. The Morgan fingerprint density at radius 1 is 1.11 bits per heavy atom. The van der Waals surface area contributed by atoms with Gasteiger partial charge in [0.15, 0.2) is 0 Å². The SMILES string of the molecule is Cc1nccn1C(C)C(=O)N1CCC(c2cc(N3CCCC3)ncn2)CC1. The number of anilines is 1. The van der Waals surface area contributed by atoms with E-state index >= 15 is 0 Å². The molecule has 144 valence electrons. The Balaban J connectivity index is 1.38. The molecule has 27 heavy (non-hydrogen) atoms. The van der Waals surface area contributed by atoms with Crippen LogP contribution in [0, 0.1) is 6.92 Å². The van der Waals surface area contributed by atoms with E-state index in [1.165, 1.54) is 12.8 Å². The molecule has 4 heterocycles. The molecule has 0 spiro atoms. The van der Waals surface area contributed by atoms with Crippen LogP contribution >= 0.6 is 0 Å². The highest BCUT2D eigenvalue weighted by atomic mass is 16.2. The van der Waals surface area contributed by atoms with Gasteiger partial charge < -0.3 is 14.4 Å². The molecule has 2 saturated heterocycles. The van der Waals surface area contributed by atoms with Crippen LogP contribution < -0.4 is 4.90 Å². The van der Waals surface area contributed by atoms with Crippen LogP contribution in [-0.4, -0.2) is 56.5 Å². The number of amides is 1. The van der Waals surface area contributed by atoms with Gasteiger partial charge >= 0.3 is 0 Å². The fourth-order valence-electron chi connectivity index (χ4n) is 4.28. The van der Waals surface area contributed by atoms with Crippen LogP contribution in [0.3, 0.4) is 0 Å². The van der Waals surface area contributed by atoms with Crippen molar-refractivity contribution in [2.75, 3.05) is 31.1 Å². The van der Waals surface area contributed by atoms with Crippen LogP contribution in [0.2, 0.25) is 0 Å². The van der Waals surface area contributed by atoms with Crippen molar-refractivity contribution >= 4 is 11.7 Å². The summed E-state index contributed by atoms with van der Waals surface area (Å²) in [6.07, 6.45) is 9.73. The van der Waals surface area contributed by atoms with Crippen molar-refractivity contribution in [3.05, 3.63) is 36.3 Å². The lowest BCUT2D eigenvalue weighted by molar-refractivity contribution is -0.135. The first kappa shape index (κ1) is 17.9.